The van der Waals surface area contributed by atoms with E-state index in [4.69, 9.17) is 0 Å². The van der Waals surface area contributed by atoms with E-state index in [1.807, 2.05) is 4.90 Å². The SMILES string of the molecule is CCCNCCC(=O)N1CCCCC1. The molecule has 1 fully saturated rings. The number of carbonyl (C=O) groups is 1. The van der Waals surface area contributed by atoms with Crippen molar-refractivity contribution in [2.75, 3.05) is 26.2 Å². The summed E-state index contributed by atoms with van der Waals surface area (Å²) < 4.78 is 0. The number of rotatable bonds is 5. The number of nitrogens with one attached hydrogen (secondary N) is 1. The van der Waals surface area contributed by atoms with Gasteiger partial charge in [-0.25, -0.2) is 0 Å². The average Bonchev–Trinajstić information content (AvgIpc) is 2.25. The Morgan fingerprint density at radius 1 is 1.21 bits per heavy atom. The minimum atomic E-state index is 0.327. The van der Waals surface area contributed by atoms with Crippen molar-refractivity contribution in [2.24, 2.45) is 0 Å². The van der Waals surface area contributed by atoms with Crippen molar-refractivity contribution < 1.29 is 4.79 Å². The lowest BCUT2D eigenvalue weighted by Crippen LogP contribution is -2.37. The first kappa shape index (κ1) is 11.5. The van der Waals surface area contributed by atoms with Gasteiger partial charge < -0.3 is 10.2 Å². The highest BCUT2D eigenvalue weighted by atomic mass is 16.2. The summed E-state index contributed by atoms with van der Waals surface area (Å²) in [6.07, 6.45) is 5.47. The third-order valence-electron chi connectivity index (χ3n) is 2.65. The number of carbonyl (C=O) groups excluding carboxylic acids is 1. The van der Waals surface area contributed by atoms with E-state index >= 15 is 0 Å². The zero-order valence-electron chi connectivity index (χ0n) is 9.22. The molecule has 0 atom stereocenters. The summed E-state index contributed by atoms with van der Waals surface area (Å²) >= 11 is 0. The maximum Gasteiger partial charge on any atom is 0.223 e. The maximum atomic E-state index is 11.6. The molecule has 0 spiro atoms. The fourth-order valence-corrected chi connectivity index (χ4v) is 1.80. The molecule has 0 aromatic heterocycles. The monoisotopic (exact) mass is 198 g/mol. The fraction of sp³-hybridized carbons (Fsp3) is 0.909. The molecule has 1 aliphatic heterocycles. The smallest absolute Gasteiger partial charge is 0.223 e. The van der Waals surface area contributed by atoms with Gasteiger partial charge >= 0.3 is 0 Å². The van der Waals surface area contributed by atoms with E-state index in [0.717, 1.165) is 32.6 Å². The van der Waals surface area contributed by atoms with Gasteiger partial charge in [0, 0.05) is 26.1 Å². The summed E-state index contributed by atoms with van der Waals surface area (Å²) in [6, 6.07) is 0. The molecule has 0 unspecified atom stereocenters. The summed E-state index contributed by atoms with van der Waals surface area (Å²) in [5.41, 5.74) is 0. The quantitative estimate of drug-likeness (QED) is 0.677. The third kappa shape index (κ3) is 4.09. The molecular weight excluding hydrogens is 176 g/mol. The van der Waals surface area contributed by atoms with Crippen molar-refractivity contribution in [1.29, 1.82) is 0 Å². The van der Waals surface area contributed by atoms with Gasteiger partial charge in [-0.3, -0.25) is 4.79 Å². The minimum absolute atomic E-state index is 0.327. The van der Waals surface area contributed by atoms with Gasteiger partial charge in [0.25, 0.3) is 0 Å². The molecule has 3 heteroatoms. The second-order valence-electron chi connectivity index (χ2n) is 3.94. The molecule has 1 rings (SSSR count). The fourth-order valence-electron chi connectivity index (χ4n) is 1.80. The van der Waals surface area contributed by atoms with Crippen molar-refractivity contribution in [3.8, 4) is 0 Å². The van der Waals surface area contributed by atoms with Crippen LogP contribution in [0.15, 0.2) is 0 Å². The second kappa shape index (κ2) is 6.82. The highest BCUT2D eigenvalue weighted by Gasteiger charge is 2.15. The van der Waals surface area contributed by atoms with Gasteiger partial charge in [-0.1, -0.05) is 6.92 Å². The number of hydrogen-bond acceptors (Lipinski definition) is 2. The Kier molecular flexibility index (Phi) is 5.60. The Labute approximate surface area is 86.9 Å². The first-order chi connectivity index (χ1) is 6.84. The van der Waals surface area contributed by atoms with E-state index in [0.29, 0.717) is 12.3 Å². The van der Waals surface area contributed by atoms with Gasteiger partial charge in [0.05, 0.1) is 0 Å². The van der Waals surface area contributed by atoms with Crippen LogP contribution in [0, 0.1) is 0 Å². The van der Waals surface area contributed by atoms with E-state index < -0.39 is 0 Å². The van der Waals surface area contributed by atoms with E-state index in [2.05, 4.69) is 12.2 Å². The van der Waals surface area contributed by atoms with Crippen molar-refractivity contribution in [3.63, 3.8) is 0 Å². The largest absolute Gasteiger partial charge is 0.343 e. The predicted octanol–water partition coefficient (Wildman–Crippen LogP) is 1.39. The molecule has 1 heterocycles. The summed E-state index contributed by atoms with van der Waals surface area (Å²) in [6.45, 7) is 5.95. The zero-order chi connectivity index (χ0) is 10.2. The molecule has 14 heavy (non-hydrogen) atoms. The number of likely N-dealkylation sites (tertiary alicyclic amines) is 1. The molecule has 1 saturated heterocycles. The highest BCUT2D eigenvalue weighted by molar-refractivity contribution is 5.76. The van der Waals surface area contributed by atoms with Gasteiger partial charge in [-0.15, -0.1) is 0 Å². The zero-order valence-corrected chi connectivity index (χ0v) is 9.22. The van der Waals surface area contributed by atoms with E-state index in [1.54, 1.807) is 0 Å². The molecule has 0 aliphatic carbocycles. The van der Waals surface area contributed by atoms with Crippen LogP contribution in [0.4, 0.5) is 0 Å². The summed E-state index contributed by atoms with van der Waals surface area (Å²) in [5, 5.41) is 3.26. The van der Waals surface area contributed by atoms with Crippen LogP contribution >= 0.6 is 0 Å². The van der Waals surface area contributed by atoms with Gasteiger partial charge in [0.2, 0.25) is 5.91 Å². The van der Waals surface area contributed by atoms with Crippen LogP contribution in [-0.4, -0.2) is 37.0 Å². The van der Waals surface area contributed by atoms with E-state index in [1.165, 1.54) is 19.3 Å². The number of hydrogen-bond donors (Lipinski definition) is 1. The van der Waals surface area contributed by atoms with Gasteiger partial charge in [-0.2, -0.15) is 0 Å². The minimum Gasteiger partial charge on any atom is -0.343 e. The number of piperidine rings is 1. The molecule has 82 valence electrons. The molecule has 0 bridgehead atoms. The van der Waals surface area contributed by atoms with Crippen LogP contribution in [0.5, 0.6) is 0 Å². The summed E-state index contributed by atoms with van der Waals surface area (Å²) in [4.78, 5) is 13.7. The highest BCUT2D eigenvalue weighted by Crippen LogP contribution is 2.09. The normalized spacial score (nSPS) is 17.1. The molecule has 3 nitrogen and oxygen atoms in total. The molecule has 0 saturated carbocycles. The molecule has 0 aromatic carbocycles. The van der Waals surface area contributed by atoms with Crippen molar-refractivity contribution in [3.05, 3.63) is 0 Å². The summed E-state index contributed by atoms with van der Waals surface area (Å²) in [5.74, 6) is 0.327. The van der Waals surface area contributed by atoms with E-state index in [-0.39, 0.29) is 0 Å². The molecule has 0 radical (unpaired) electrons. The summed E-state index contributed by atoms with van der Waals surface area (Å²) in [7, 11) is 0. The topological polar surface area (TPSA) is 32.3 Å². The van der Waals surface area contributed by atoms with Gasteiger partial charge in [-0.05, 0) is 32.2 Å². The number of amides is 1. The molecule has 1 amide bonds. The Hall–Kier alpha value is -0.570. The third-order valence-corrected chi connectivity index (χ3v) is 2.65. The van der Waals surface area contributed by atoms with Crippen LogP contribution in [0.25, 0.3) is 0 Å². The lowest BCUT2D eigenvalue weighted by Gasteiger charge is -2.26. The van der Waals surface area contributed by atoms with Crippen molar-refractivity contribution >= 4 is 5.91 Å². The maximum absolute atomic E-state index is 11.6. The first-order valence-corrected chi connectivity index (χ1v) is 5.83. The van der Waals surface area contributed by atoms with Crippen LogP contribution < -0.4 is 5.32 Å². The van der Waals surface area contributed by atoms with Crippen molar-refractivity contribution in [2.45, 2.75) is 39.0 Å². The molecule has 0 aromatic rings. The standard InChI is InChI=1S/C11H22N2O/c1-2-7-12-8-6-11(14)13-9-4-3-5-10-13/h12H,2-10H2,1H3. The van der Waals surface area contributed by atoms with Crippen LogP contribution in [0.1, 0.15) is 39.0 Å². The Morgan fingerprint density at radius 3 is 2.57 bits per heavy atom. The number of nitrogens with zero attached hydrogens (tertiary/aromatic N) is 1. The van der Waals surface area contributed by atoms with Gasteiger partial charge in [0.15, 0.2) is 0 Å². The van der Waals surface area contributed by atoms with Gasteiger partial charge in [0.1, 0.15) is 0 Å². The first-order valence-electron chi connectivity index (χ1n) is 5.83. The van der Waals surface area contributed by atoms with Crippen molar-refractivity contribution in [1.82, 2.24) is 10.2 Å². The van der Waals surface area contributed by atoms with Crippen LogP contribution in [-0.2, 0) is 4.79 Å². The van der Waals surface area contributed by atoms with Crippen LogP contribution in [0.3, 0.4) is 0 Å². The molecule has 1 N–H and O–H groups in total. The second-order valence-corrected chi connectivity index (χ2v) is 3.94. The van der Waals surface area contributed by atoms with E-state index in [9.17, 15) is 4.79 Å². The Morgan fingerprint density at radius 2 is 1.93 bits per heavy atom. The average molecular weight is 198 g/mol. The molecular formula is C11H22N2O. The van der Waals surface area contributed by atoms with Crippen LogP contribution in [0.2, 0.25) is 0 Å². The lowest BCUT2D eigenvalue weighted by atomic mass is 10.1. The Balaban J connectivity index is 2.07. The predicted molar refractivity (Wildman–Crippen MR) is 58.2 cm³/mol. The Bertz CT molecular complexity index is 165. The molecule has 1 aliphatic rings. The lowest BCUT2D eigenvalue weighted by molar-refractivity contribution is -0.131.